The average Bonchev–Trinajstić information content (AvgIpc) is 2.32. The highest BCUT2D eigenvalue weighted by atomic mass is 16.2. The van der Waals surface area contributed by atoms with Crippen LogP contribution in [-0.4, -0.2) is 24.1 Å². The molecule has 4 nitrogen and oxygen atoms in total. The van der Waals surface area contributed by atoms with Gasteiger partial charge >= 0.3 is 0 Å². The number of carbonyl (C=O) groups excluding carboxylic acids is 4. The highest BCUT2D eigenvalue weighted by molar-refractivity contribution is 6.17. The minimum atomic E-state index is -1.43. The smallest absolute Gasteiger partial charge is 0.150 e. The van der Waals surface area contributed by atoms with E-state index in [-0.39, 0.29) is 11.6 Å². The molecule has 0 unspecified atom stereocenters. The minimum Gasteiger partial charge on any atom is -0.303 e. The quantitative estimate of drug-likeness (QED) is 0.322. The van der Waals surface area contributed by atoms with Crippen LogP contribution in [0.5, 0.6) is 0 Å². The van der Waals surface area contributed by atoms with E-state index >= 15 is 0 Å². The summed E-state index contributed by atoms with van der Waals surface area (Å²) in [6, 6.07) is 0. The molecule has 0 amide bonds. The molecule has 0 aromatic carbocycles. The third kappa shape index (κ3) is 4.90. The van der Waals surface area contributed by atoms with Gasteiger partial charge in [-0.15, -0.1) is 0 Å². The first kappa shape index (κ1) is 16.7. The summed E-state index contributed by atoms with van der Waals surface area (Å²) in [5.41, 5.74) is -1.43. The van der Waals surface area contributed by atoms with Crippen molar-refractivity contribution in [1.29, 1.82) is 0 Å². The summed E-state index contributed by atoms with van der Waals surface area (Å²) in [6.45, 7) is 2.58. The normalized spacial score (nSPS) is 11.0. The van der Waals surface area contributed by atoms with Crippen LogP contribution in [0, 0.1) is 5.41 Å². The van der Waals surface area contributed by atoms with E-state index in [4.69, 9.17) is 0 Å². The van der Waals surface area contributed by atoms with Crippen LogP contribution in [-0.2, 0) is 19.2 Å². The second kappa shape index (κ2) is 8.72. The lowest BCUT2D eigenvalue weighted by atomic mass is 9.77. The molecule has 0 bridgehead atoms. The number of carbonyl (C=O) groups is 4. The van der Waals surface area contributed by atoms with Crippen molar-refractivity contribution in [3.05, 3.63) is 0 Å². The highest BCUT2D eigenvalue weighted by Gasteiger charge is 2.39. The van der Waals surface area contributed by atoms with E-state index in [0.29, 0.717) is 25.5 Å². The molecular weight excluding hydrogens is 232 g/mol. The molecule has 0 atom stereocenters. The van der Waals surface area contributed by atoms with Crippen molar-refractivity contribution < 1.29 is 19.2 Å². The number of hydrogen-bond donors (Lipinski definition) is 0. The molecule has 0 aromatic rings. The van der Waals surface area contributed by atoms with Gasteiger partial charge in [-0.2, -0.15) is 0 Å². The minimum absolute atomic E-state index is 0.300. The van der Waals surface area contributed by atoms with Crippen molar-refractivity contribution in [3.63, 3.8) is 0 Å². The van der Waals surface area contributed by atoms with E-state index in [0.717, 1.165) is 32.0 Å². The molecule has 102 valence electrons. The van der Waals surface area contributed by atoms with E-state index in [2.05, 4.69) is 0 Å². The molecule has 0 aromatic heterocycles. The van der Waals surface area contributed by atoms with E-state index in [1.807, 2.05) is 0 Å². The largest absolute Gasteiger partial charge is 0.303 e. The van der Waals surface area contributed by atoms with Crippen LogP contribution < -0.4 is 0 Å². The Labute approximate surface area is 108 Å². The molecule has 0 heterocycles. The van der Waals surface area contributed by atoms with Gasteiger partial charge in [0.25, 0.3) is 0 Å². The van der Waals surface area contributed by atoms with Crippen LogP contribution in [0.2, 0.25) is 0 Å². The molecule has 0 aliphatic heterocycles. The Bertz CT molecular complexity index is 293. The van der Waals surface area contributed by atoms with E-state index in [1.165, 1.54) is 13.8 Å². The molecule has 0 saturated carbocycles. The predicted octanol–water partition coefficient (Wildman–Crippen LogP) is 2.28. The topological polar surface area (TPSA) is 68.3 Å². The Morgan fingerprint density at radius 2 is 1.39 bits per heavy atom. The summed E-state index contributed by atoms with van der Waals surface area (Å²) in [5.74, 6) is -0.739. The van der Waals surface area contributed by atoms with Gasteiger partial charge in [-0.05, 0) is 26.7 Å². The van der Waals surface area contributed by atoms with Crippen LogP contribution >= 0.6 is 0 Å². The molecule has 4 heteroatoms. The van der Waals surface area contributed by atoms with Crippen LogP contribution in [0.1, 0.15) is 58.8 Å². The molecule has 0 radical (unpaired) electrons. The first-order chi connectivity index (χ1) is 8.51. The Morgan fingerprint density at radius 3 is 1.83 bits per heavy atom. The SMILES string of the molecule is CC(=O)C(C=O)(CCCCCCCC=O)C(C)=O. The van der Waals surface area contributed by atoms with Crippen LogP contribution in [0.25, 0.3) is 0 Å². The van der Waals surface area contributed by atoms with Crippen molar-refractivity contribution in [3.8, 4) is 0 Å². The van der Waals surface area contributed by atoms with Gasteiger partial charge in [-0.3, -0.25) is 9.59 Å². The second-order valence-electron chi connectivity index (χ2n) is 4.67. The van der Waals surface area contributed by atoms with Crippen LogP contribution in [0.15, 0.2) is 0 Å². The Kier molecular flexibility index (Phi) is 8.08. The third-order valence-electron chi connectivity index (χ3n) is 3.35. The van der Waals surface area contributed by atoms with Crippen molar-refractivity contribution in [2.24, 2.45) is 5.41 Å². The maximum absolute atomic E-state index is 11.5. The monoisotopic (exact) mass is 254 g/mol. The molecule has 0 aliphatic carbocycles. The number of ketones is 2. The molecule has 0 fully saturated rings. The standard InChI is InChI=1S/C14H22O4/c1-12(17)14(11-16,13(2)18)9-7-5-3-4-6-8-10-15/h10-11H,3-9H2,1-2H3. The van der Waals surface area contributed by atoms with Crippen LogP contribution in [0.4, 0.5) is 0 Å². The zero-order chi connectivity index (χ0) is 14.0. The summed E-state index contributed by atoms with van der Waals surface area (Å²) in [4.78, 5) is 44.0. The summed E-state index contributed by atoms with van der Waals surface area (Å²) in [7, 11) is 0. The van der Waals surface area contributed by atoms with Gasteiger partial charge in [-0.25, -0.2) is 0 Å². The Morgan fingerprint density at radius 1 is 0.889 bits per heavy atom. The number of hydrogen-bond acceptors (Lipinski definition) is 4. The van der Waals surface area contributed by atoms with Crippen molar-refractivity contribution in [2.75, 3.05) is 0 Å². The number of aldehydes is 2. The zero-order valence-electron chi connectivity index (χ0n) is 11.2. The number of Topliss-reactive ketones (excluding diaryl/α,β-unsaturated/α-hetero) is 2. The molecular formula is C14H22O4. The number of unbranched alkanes of at least 4 members (excludes halogenated alkanes) is 5. The summed E-state index contributed by atoms with van der Waals surface area (Å²) in [6.07, 6.45) is 6.63. The fourth-order valence-electron chi connectivity index (χ4n) is 1.99. The summed E-state index contributed by atoms with van der Waals surface area (Å²) < 4.78 is 0. The first-order valence-electron chi connectivity index (χ1n) is 6.43. The molecule has 0 saturated heterocycles. The average molecular weight is 254 g/mol. The molecule has 18 heavy (non-hydrogen) atoms. The zero-order valence-corrected chi connectivity index (χ0v) is 11.2. The van der Waals surface area contributed by atoms with E-state index in [9.17, 15) is 19.2 Å². The molecule has 0 rings (SSSR count). The fourth-order valence-corrected chi connectivity index (χ4v) is 1.99. The summed E-state index contributed by atoms with van der Waals surface area (Å²) >= 11 is 0. The van der Waals surface area contributed by atoms with Gasteiger partial charge in [0.1, 0.15) is 18.0 Å². The van der Waals surface area contributed by atoms with Crippen molar-refractivity contribution in [1.82, 2.24) is 0 Å². The van der Waals surface area contributed by atoms with Gasteiger partial charge in [-0.1, -0.05) is 25.7 Å². The van der Waals surface area contributed by atoms with E-state index < -0.39 is 5.41 Å². The van der Waals surface area contributed by atoms with Crippen molar-refractivity contribution in [2.45, 2.75) is 58.8 Å². The lowest BCUT2D eigenvalue weighted by Crippen LogP contribution is -2.38. The van der Waals surface area contributed by atoms with Crippen LogP contribution in [0.3, 0.4) is 0 Å². The molecule has 0 spiro atoms. The molecule has 0 N–H and O–H groups in total. The van der Waals surface area contributed by atoms with E-state index in [1.54, 1.807) is 0 Å². The van der Waals surface area contributed by atoms with Gasteiger partial charge in [0, 0.05) is 6.42 Å². The van der Waals surface area contributed by atoms with Gasteiger partial charge in [0.15, 0.2) is 11.6 Å². The Hall–Kier alpha value is -1.32. The molecule has 0 aliphatic rings. The predicted molar refractivity (Wildman–Crippen MR) is 68.2 cm³/mol. The highest BCUT2D eigenvalue weighted by Crippen LogP contribution is 2.25. The first-order valence-corrected chi connectivity index (χ1v) is 6.43. The second-order valence-corrected chi connectivity index (χ2v) is 4.67. The fraction of sp³-hybridized carbons (Fsp3) is 0.714. The Balaban J connectivity index is 4.06. The number of rotatable bonds is 11. The maximum atomic E-state index is 11.5. The van der Waals surface area contributed by atoms with Gasteiger partial charge in [0.05, 0.1) is 0 Å². The maximum Gasteiger partial charge on any atom is 0.150 e. The third-order valence-corrected chi connectivity index (χ3v) is 3.35. The lowest BCUT2D eigenvalue weighted by molar-refractivity contribution is -0.143. The van der Waals surface area contributed by atoms with Crippen molar-refractivity contribution >= 4 is 24.1 Å². The van der Waals surface area contributed by atoms with Gasteiger partial charge < -0.3 is 9.59 Å². The van der Waals surface area contributed by atoms with Gasteiger partial charge in [0.2, 0.25) is 0 Å². The lowest BCUT2D eigenvalue weighted by Gasteiger charge is -2.21. The summed E-state index contributed by atoms with van der Waals surface area (Å²) in [5, 5.41) is 0.